The second-order valence-electron chi connectivity index (χ2n) is 5.15. The Morgan fingerprint density at radius 3 is 2.48 bits per heavy atom. The van der Waals surface area contributed by atoms with Crippen LogP contribution in [-0.2, 0) is 9.53 Å². The molecule has 0 aliphatic rings. The second kappa shape index (κ2) is 9.44. The van der Waals surface area contributed by atoms with Crippen LogP contribution in [0.15, 0.2) is 42.5 Å². The number of methoxy groups -OCH3 is 2. The molecular weight excluding hydrogens is 376 g/mol. The quantitative estimate of drug-likeness (QED) is 0.575. The molecule has 0 saturated heterocycles. The van der Waals surface area contributed by atoms with E-state index < -0.39 is 24.4 Å². The van der Waals surface area contributed by atoms with E-state index in [1.807, 2.05) is 0 Å². The molecule has 0 aliphatic heterocycles. The summed E-state index contributed by atoms with van der Waals surface area (Å²) in [6.45, 7) is -0.580. The third-order valence-electron chi connectivity index (χ3n) is 3.36. The van der Waals surface area contributed by atoms with Gasteiger partial charge in [-0.15, -0.1) is 0 Å². The lowest BCUT2D eigenvalue weighted by atomic mass is 10.2. The van der Waals surface area contributed by atoms with Crippen molar-refractivity contribution in [2.75, 3.05) is 20.8 Å². The number of nitrogens with one attached hydrogen (secondary N) is 2. The summed E-state index contributed by atoms with van der Waals surface area (Å²) in [5, 5.41) is 0.333. The fraction of sp³-hybridized carbons (Fsp3) is 0.167. The topological polar surface area (TPSA) is 103 Å². The van der Waals surface area contributed by atoms with Gasteiger partial charge in [-0.1, -0.05) is 17.7 Å². The smallest absolute Gasteiger partial charge is 0.338 e. The van der Waals surface area contributed by atoms with Crippen molar-refractivity contribution in [3.8, 4) is 11.5 Å². The molecule has 2 amide bonds. The predicted octanol–water partition coefficient (Wildman–Crippen LogP) is 1.98. The summed E-state index contributed by atoms with van der Waals surface area (Å²) in [6, 6.07) is 10.8. The molecule has 0 aromatic heterocycles. The van der Waals surface area contributed by atoms with Crippen LogP contribution in [0.4, 0.5) is 0 Å². The van der Waals surface area contributed by atoms with E-state index in [2.05, 4.69) is 10.9 Å². The Balaban J connectivity index is 1.86. The third kappa shape index (κ3) is 5.61. The Morgan fingerprint density at radius 1 is 1.00 bits per heavy atom. The minimum atomic E-state index is -0.722. The first-order valence-electron chi connectivity index (χ1n) is 7.68. The molecule has 27 heavy (non-hydrogen) atoms. The van der Waals surface area contributed by atoms with Gasteiger partial charge in [0, 0.05) is 5.02 Å². The summed E-state index contributed by atoms with van der Waals surface area (Å²) in [4.78, 5) is 35.8. The maximum Gasteiger partial charge on any atom is 0.338 e. The average molecular weight is 393 g/mol. The van der Waals surface area contributed by atoms with Crippen molar-refractivity contribution in [1.29, 1.82) is 0 Å². The summed E-state index contributed by atoms with van der Waals surface area (Å²) < 4.78 is 15.0. The lowest BCUT2D eigenvalue weighted by molar-refractivity contribution is -0.125. The number of halogens is 1. The number of carbonyl (C=O) groups excluding carboxylic acids is 3. The van der Waals surface area contributed by atoms with Gasteiger partial charge in [-0.3, -0.25) is 20.4 Å². The second-order valence-corrected chi connectivity index (χ2v) is 5.59. The Morgan fingerprint density at radius 2 is 1.78 bits per heavy atom. The normalized spacial score (nSPS) is 9.89. The highest BCUT2D eigenvalue weighted by atomic mass is 35.5. The molecule has 0 saturated carbocycles. The molecule has 142 valence electrons. The fourth-order valence-corrected chi connectivity index (χ4v) is 2.22. The Labute approximate surface area is 160 Å². The van der Waals surface area contributed by atoms with E-state index in [1.54, 1.807) is 18.2 Å². The number of hydrogen-bond acceptors (Lipinski definition) is 6. The molecule has 0 bridgehead atoms. The summed E-state index contributed by atoms with van der Waals surface area (Å²) in [5.74, 6) is -1.29. The lowest BCUT2D eigenvalue weighted by Gasteiger charge is -2.11. The standard InChI is InChI=1S/C18H17ClN2O6/c1-25-13-5-3-4-11(8-13)18(24)27-10-16(22)20-21-17(23)14-9-12(19)6-7-15(14)26-2/h3-9H,10H2,1-2H3,(H,20,22)(H,21,23). The number of benzene rings is 2. The zero-order valence-corrected chi connectivity index (χ0v) is 15.3. The first kappa shape index (κ1) is 20.1. The molecule has 0 atom stereocenters. The number of rotatable bonds is 6. The molecule has 9 heteroatoms. The molecule has 0 radical (unpaired) electrons. The van der Waals surface area contributed by atoms with Crippen LogP contribution in [0.25, 0.3) is 0 Å². The van der Waals surface area contributed by atoms with Crippen LogP contribution in [0.1, 0.15) is 20.7 Å². The first-order chi connectivity index (χ1) is 12.9. The highest BCUT2D eigenvalue weighted by Gasteiger charge is 2.15. The van der Waals surface area contributed by atoms with Crippen LogP contribution >= 0.6 is 11.6 Å². The number of amides is 2. The van der Waals surface area contributed by atoms with Gasteiger partial charge in [0.2, 0.25) is 0 Å². The van der Waals surface area contributed by atoms with Crippen molar-refractivity contribution in [2.24, 2.45) is 0 Å². The predicted molar refractivity (Wildman–Crippen MR) is 96.9 cm³/mol. The monoisotopic (exact) mass is 392 g/mol. The number of hydrogen-bond donors (Lipinski definition) is 2. The maximum atomic E-state index is 12.1. The number of hydrazine groups is 1. The molecule has 2 aromatic rings. The first-order valence-corrected chi connectivity index (χ1v) is 8.06. The van der Waals surface area contributed by atoms with Gasteiger partial charge in [0.25, 0.3) is 11.8 Å². The zero-order valence-electron chi connectivity index (χ0n) is 14.6. The number of ether oxygens (including phenoxy) is 3. The molecular formula is C18H17ClN2O6. The van der Waals surface area contributed by atoms with Crippen LogP contribution < -0.4 is 20.3 Å². The molecule has 0 fully saturated rings. The van der Waals surface area contributed by atoms with Crippen molar-refractivity contribution >= 4 is 29.4 Å². The van der Waals surface area contributed by atoms with Gasteiger partial charge in [-0.2, -0.15) is 0 Å². The van der Waals surface area contributed by atoms with E-state index in [9.17, 15) is 14.4 Å². The molecule has 0 aliphatic carbocycles. The van der Waals surface area contributed by atoms with Crippen LogP contribution in [0, 0.1) is 0 Å². The Kier molecular flexibility index (Phi) is 7.01. The summed E-state index contributed by atoms with van der Waals surface area (Å²) in [5.41, 5.74) is 4.71. The third-order valence-corrected chi connectivity index (χ3v) is 3.60. The van der Waals surface area contributed by atoms with Gasteiger partial charge in [0.1, 0.15) is 11.5 Å². The van der Waals surface area contributed by atoms with E-state index in [0.29, 0.717) is 10.8 Å². The van der Waals surface area contributed by atoms with Crippen LogP contribution in [0.3, 0.4) is 0 Å². The van der Waals surface area contributed by atoms with E-state index in [-0.39, 0.29) is 16.9 Å². The van der Waals surface area contributed by atoms with E-state index in [1.165, 1.54) is 38.5 Å². The van der Waals surface area contributed by atoms with Gasteiger partial charge in [-0.25, -0.2) is 4.79 Å². The highest BCUT2D eigenvalue weighted by Crippen LogP contribution is 2.22. The van der Waals surface area contributed by atoms with E-state index >= 15 is 0 Å². The number of carbonyl (C=O) groups is 3. The molecule has 2 N–H and O–H groups in total. The van der Waals surface area contributed by atoms with Crippen molar-refractivity contribution in [1.82, 2.24) is 10.9 Å². The zero-order chi connectivity index (χ0) is 19.8. The van der Waals surface area contributed by atoms with Gasteiger partial charge < -0.3 is 14.2 Å². The van der Waals surface area contributed by atoms with Crippen molar-refractivity contribution in [3.05, 3.63) is 58.6 Å². The minimum Gasteiger partial charge on any atom is -0.497 e. The molecule has 0 spiro atoms. The molecule has 8 nitrogen and oxygen atoms in total. The maximum absolute atomic E-state index is 12.1. The largest absolute Gasteiger partial charge is 0.497 e. The Hall–Kier alpha value is -3.26. The minimum absolute atomic E-state index is 0.138. The van der Waals surface area contributed by atoms with E-state index in [4.69, 9.17) is 25.8 Å². The highest BCUT2D eigenvalue weighted by molar-refractivity contribution is 6.31. The summed E-state index contributed by atoms with van der Waals surface area (Å²) in [6.07, 6.45) is 0. The Bertz CT molecular complexity index is 855. The van der Waals surface area contributed by atoms with Gasteiger partial charge in [-0.05, 0) is 36.4 Å². The van der Waals surface area contributed by atoms with Crippen LogP contribution in [0.2, 0.25) is 5.02 Å². The van der Waals surface area contributed by atoms with Crippen LogP contribution in [-0.4, -0.2) is 38.6 Å². The van der Waals surface area contributed by atoms with Gasteiger partial charge in [0.05, 0.1) is 25.3 Å². The number of esters is 1. The van der Waals surface area contributed by atoms with Crippen molar-refractivity contribution < 1.29 is 28.6 Å². The van der Waals surface area contributed by atoms with Crippen LogP contribution in [0.5, 0.6) is 11.5 Å². The molecule has 0 unspecified atom stereocenters. The lowest BCUT2D eigenvalue weighted by Crippen LogP contribution is -2.43. The van der Waals surface area contributed by atoms with Crippen molar-refractivity contribution in [3.63, 3.8) is 0 Å². The summed E-state index contributed by atoms with van der Waals surface area (Å²) >= 11 is 5.86. The summed E-state index contributed by atoms with van der Waals surface area (Å²) in [7, 11) is 2.87. The molecule has 2 aromatic carbocycles. The van der Waals surface area contributed by atoms with Gasteiger partial charge in [0.15, 0.2) is 6.61 Å². The van der Waals surface area contributed by atoms with Gasteiger partial charge >= 0.3 is 5.97 Å². The molecule has 0 heterocycles. The molecule has 2 rings (SSSR count). The SMILES string of the molecule is COc1cccc(C(=O)OCC(=O)NNC(=O)c2cc(Cl)ccc2OC)c1. The van der Waals surface area contributed by atoms with E-state index in [0.717, 1.165) is 0 Å². The average Bonchev–Trinajstić information content (AvgIpc) is 2.70. The van der Waals surface area contributed by atoms with Crippen molar-refractivity contribution in [2.45, 2.75) is 0 Å². The fourth-order valence-electron chi connectivity index (χ4n) is 2.05.